The van der Waals surface area contributed by atoms with Crippen molar-refractivity contribution in [3.8, 4) is 0 Å². The number of benzene rings is 2. The van der Waals surface area contributed by atoms with E-state index in [1.165, 1.54) is 11.1 Å². The van der Waals surface area contributed by atoms with Gasteiger partial charge in [0.15, 0.2) is 0 Å². The monoisotopic (exact) mass is 354 g/mol. The van der Waals surface area contributed by atoms with E-state index in [0.29, 0.717) is 9.79 Å². The summed E-state index contributed by atoms with van der Waals surface area (Å²) in [6.45, 7) is 0. The summed E-state index contributed by atoms with van der Waals surface area (Å²) in [6.07, 6.45) is 4.44. The first-order valence-corrected chi connectivity index (χ1v) is 6.92. The minimum absolute atomic E-state index is 0. The fourth-order valence-electron chi connectivity index (χ4n) is 1.85. The molecule has 107 valence electrons. The molecule has 1 unspecified atom stereocenters. The predicted molar refractivity (Wildman–Crippen MR) is 73.2 cm³/mol. The number of fused-ring (bicyclic) bond motifs is 1. The second-order valence-corrected chi connectivity index (χ2v) is 5.17. The van der Waals surface area contributed by atoms with E-state index in [-0.39, 0.29) is 30.7 Å². The molecule has 2 aromatic rings. The minimum atomic E-state index is -0.379. The maximum atomic E-state index is 10.4. The number of nitrogens with two attached hydrogens (primary N) is 1. The van der Waals surface area contributed by atoms with Gasteiger partial charge in [0.05, 0.1) is 0 Å². The van der Waals surface area contributed by atoms with E-state index in [1.54, 1.807) is 24.3 Å². The summed E-state index contributed by atoms with van der Waals surface area (Å²) in [7, 11) is 0. The van der Waals surface area contributed by atoms with Gasteiger partial charge in [-0.05, 0) is 12.1 Å². The molecule has 0 aliphatic heterocycles. The molecule has 0 saturated heterocycles. The first-order valence-electron chi connectivity index (χ1n) is 6.01. The molecule has 2 nitrogen and oxygen atoms in total. The second kappa shape index (κ2) is 9.80. The molecule has 2 aromatic carbocycles. The van der Waals surface area contributed by atoms with Crippen LogP contribution in [-0.2, 0) is 20.4 Å². The molecule has 1 amide bonds. The first kappa shape index (κ1) is 19.9. The molecule has 0 fully saturated rings. The number of amides is 1. The van der Waals surface area contributed by atoms with E-state index in [9.17, 15) is 4.79 Å². The van der Waals surface area contributed by atoms with Gasteiger partial charge in [-0.2, -0.15) is 0 Å². The van der Waals surface area contributed by atoms with Crippen molar-refractivity contribution in [2.24, 2.45) is 5.73 Å². The Bertz CT molecular complexity index is 602. The molecule has 1 atom stereocenters. The standard InChI is InChI=1S/C9H7.C7H7NO.2ClH.Ti/c1-2-5-9-7-3-6-8(9)4-1;8-7(9)6-4-2-1-3-5-6;;;/h1-7H;1-5H,(H2,8,9);2*1H;/q;;;;+2/p-2. The van der Waals surface area contributed by atoms with Crippen LogP contribution >= 0.6 is 0 Å². The average molecular weight is 355 g/mol. The van der Waals surface area contributed by atoms with Crippen LogP contribution in [0.3, 0.4) is 0 Å². The number of allylic oxidation sites excluding steroid dienone is 1. The molecule has 0 radical (unpaired) electrons. The van der Waals surface area contributed by atoms with E-state index in [4.69, 9.17) is 5.73 Å². The fraction of sp³-hybridized carbons (Fsp3) is 0.0625. The Morgan fingerprint density at radius 3 is 2.05 bits per heavy atom. The van der Waals surface area contributed by atoms with Crippen molar-refractivity contribution < 1.29 is 50.0 Å². The van der Waals surface area contributed by atoms with Crippen LogP contribution in [0.25, 0.3) is 6.08 Å². The normalized spacial score (nSPS) is 13.9. The van der Waals surface area contributed by atoms with Crippen molar-refractivity contribution in [1.82, 2.24) is 0 Å². The van der Waals surface area contributed by atoms with Gasteiger partial charge < -0.3 is 30.5 Å². The summed E-state index contributed by atoms with van der Waals surface area (Å²) in [5.74, 6) is -0.379. The predicted octanol–water partition coefficient (Wildman–Crippen LogP) is -2.91. The van der Waals surface area contributed by atoms with Gasteiger partial charge in [0.1, 0.15) is 0 Å². The van der Waals surface area contributed by atoms with Gasteiger partial charge in [-0.3, -0.25) is 4.79 Å². The summed E-state index contributed by atoms with van der Waals surface area (Å²) in [5, 5.41) is 0. The summed E-state index contributed by atoms with van der Waals surface area (Å²) >= 11 is 2.22. The number of rotatable bonds is 1. The Morgan fingerprint density at radius 2 is 1.52 bits per heavy atom. The molecule has 3 rings (SSSR count). The van der Waals surface area contributed by atoms with Crippen molar-refractivity contribution in [2.75, 3.05) is 0 Å². The van der Waals surface area contributed by atoms with Crippen LogP contribution < -0.4 is 30.5 Å². The van der Waals surface area contributed by atoms with Crippen molar-refractivity contribution in [1.29, 1.82) is 0 Å². The SMILES string of the molecule is NC(=O)c1ccccc1.[Cl-].[Cl-].[Ti+2][CH]1C=Cc2ccccc21. The quantitative estimate of drug-likeness (QED) is 0.548. The zero-order chi connectivity index (χ0) is 13.7. The average Bonchev–Trinajstić information content (AvgIpc) is 2.83. The van der Waals surface area contributed by atoms with Crippen LogP contribution in [0.1, 0.15) is 25.7 Å². The van der Waals surface area contributed by atoms with Gasteiger partial charge in [0.2, 0.25) is 5.91 Å². The van der Waals surface area contributed by atoms with Crippen LogP contribution in [-0.4, -0.2) is 5.91 Å². The second-order valence-electron chi connectivity index (χ2n) is 4.20. The van der Waals surface area contributed by atoms with Gasteiger partial charge in [-0.1, -0.05) is 18.2 Å². The van der Waals surface area contributed by atoms with Gasteiger partial charge >= 0.3 is 72.2 Å². The summed E-state index contributed by atoms with van der Waals surface area (Å²) in [4.78, 5) is 10.4. The summed E-state index contributed by atoms with van der Waals surface area (Å²) < 4.78 is 0.621. The third-order valence-corrected chi connectivity index (χ3v) is 3.64. The number of carbonyl (C=O) groups is 1. The Labute approximate surface area is 149 Å². The topological polar surface area (TPSA) is 43.1 Å². The fourth-order valence-corrected chi connectivity index (χ4v) is 2.41. The molecule has 0 saturated carbocycles. The Kier molecular flexibility index (Phi) is 9.31. The van der Waals surface area contributed by atoms with Crippen LogP contribution in [0.5, 0.6) is 0 Å². The number of hydrogen-bond acceptors (Lipinski definition) is 1. The molecule has 0 heterocycles. The third kappa shape index (κ3) is 5.68. The van der Waals surface area contributed by atoms with E-state index < -0.39 is 0 Å². The van der Waals surface area contributed by atoms with Crippen LogP contribution in [0.15, 0.2) is 60.7 Å². The zero-order valence-corrected chi connectivity index (χ0v) is 14.2. The number of halogens is 2. The Balaban J connectivity index is 0.000000350. The first-order chi connectivity index (χ1) is 9.18. The molecular weight excluding hydrogens is 341 g/mol. The summed E-state index contributed by atoms with van der Waals surface area (Å²) in [6, 6.07) is 17.3. The number of carbonyl (C=O) groups excluding carboxylic acids is 1. The Morgan fingerprint density at radius 1 is 0.952 bits per heavy atom. The van der Waals surface area contributed by atoms with E-state index in [0.717, 1.165) is 0 Å². The van der Waals surface area contributed by atoms with Crippen LogP contribution in [0.2, 0.25) is 0 Å². The molecule has 21 heavy (non-hydrogen) atoms. The van der Waals surface area contributed by atoms with Gasteiger partial charge in [0, 0.05) is 5.56 Å². The van der Waals surface area contributed by atoms with E-state index in [2.05, 4.69) is 56.9 Å². The molecule has 5 heteroatoms. The zero-order valence-electron chi connectivity index (χ0n) is 11.2. The molecule has 0 bridgehead atoms. The van der Waals surface area contributed by atoms with Crippen molar-refractivity contribution in [2.45, 2.75) is 4.22 Å². The van der Waals surface area contributed by atoms with E-state index >= 15 is 0 Å². The van der Waals surface area contributed by atoms with Gasteiger partial charge in [0.25, 0.3) is 0 Å². The summed E-state index contributed by atoms with van der Waals surface area (Å²) in [5.41, 5.74) is 8.37. The molecule has 1 aliphatic rings. The van der Waals surface area contributed by atoms with Crippen molar-refractivity contribution >= 4 is 12.0 Å². The Hall–Kier alpha value is -1.06. The third-order valence-electron chi connectivity index (χ3n) is 2.86. The van der Waals surface area contributed by atoms with Crippen molar-refractivity contribution in [3.05, 3.63) is 77.4 Å². The molecule has 0 aromatic heterocycles. The van der Waals surface area contributed by atoms with Gasteiger partial charge in [-0.15, -0.1) is 0 Å². The number of primary amides is 1. The molecule has 1 aliphatic carbocycles. The van der Waals surface area contributed by atoms with Gasteiger partial charge in [-0.25, -0.2) is 0 Å². The van der Waals surface area contributed by atoms with Crippen molar-refractivity contribution in [3.63, 3.8) is 0 Å². The van der Waals surface area contributed by atoms with Crippen LogP contribution in [0.4, 0.5) is 0 Å². The molecule has 2 N–H and O–H groups in total. The van der Waals surface area contributed by atoms with E-state index in [1.807, 2.05) is 6.07 Å². The molecule has 0 spiro atoms. The molecular formula is C16H14Cl2NOTi. The van der Waals surface area contributed by atoms with Crippen LogP contribution in [0, 0.1) is 0 Å². The maximum absolute atomic E-state index is 10.4. The number of hydrogen-bond donors (Lipinski definition) is 1.